The van der Waals surface area contributed by atoms with E-state index in [0.29, 0.717) is 16.0 Å². The third-order valence-electron chi connectivity index (χ3n) is 3.21. The summed E-state index contributed by atoms with van der Waals surface area (Å²) in [4.78, 5) is 0. The molecule has 1 N–H and O–H groups in total. The fourth-order valence-corrected chi connectivity index (χ4v) is 2.76. The molecular weight excluding hydrogens is 289 g/mol. The Balaban J connectivity index is 2.39. The van der Waals surface area contributed by atoms with Gasteiger partial charge < -0.3 is 5.32 Å². The molecular formula is C14H20Cl3N. The van der Waals surface area contributed by atoms with Crippen molar-refractivity contribution in [1.29, 1.82) is 0 Å². The Morgan fingerprint density at radius 3 is 2.33 bits per heavy atom. The maximum atomic E-state index is 6.36. The largest absolute Gasteiger partial charge is 0.311 e. The normalized spacial score (nSPS) is 13.0. The first-order valence-electron chi connectivity index (χ1n) is 6.37. The van der Waals surface area contributed by atoms with E-state index in [1.165, 1.54) is 0 Å². The van der Waals surface area contributed by atoms with Crippen LogP contribution < -0.4 is 5.32 Å². The summed E-state index contributed by atoms with van der Waals surface area (Å²) in [6.07, 6.45) is 2.25. The predicted molar refractivity (Wildman–Crippen MR) is 81.9 cm³/mol. The molecule has 102 valence electrons. The predicted octanol–water partition coefficient (Wildman–Crippen LogP) is 5.13. The van der Waals surface area contributed by atoms with Crippen LogP contribution in [-0.2, 0) is 6.54 Å². The van der Waals surface area contributed by atoms with E-state index in [9.17, 15) is 0 Å². The third kappa shape index (κ3) is 4.97. The van der Waals surface area contributed by atoms with E-state index in [1.54, 1.807) is 0 Å². The first-order chi connectivity index (χ1) is 8.58. The maximum Gasteiger partial charge on any atom is 0.0595 e. The van der Waals surface area contributed by atoms with E-state index < -0.39 is 0 Å². The molecule has 0 aliphatic heterocycles. The Hall–Kier alpha value is 0.0500. The molecule has 0 amide bonds. The molecule has 1 aromatic rings. The molecule has 0 fully saturated rings. The number of hydrogen-bond acceptors (Lipinski definition) is 1. The molecule has 1 unspecified atom stereocenters. The molecule has 1 nitrogen and oxygen atoms in total. The SMILES string of the molecule is CCC(CC)C(Cl)CNCc1ccc(Cl)c(Cl)c1. The zero-order valence-corrected chi connectivity index (χ0v) is 13.1. The molecule has 0 bridgehead atoms. The first-order valence-corrected chi connectivity index (χ1v) is 7.56. The standard InChI is InChI=1S/C14H20Cl3N/c1-3-11(4-2)14(17)9-18-8-10-5-6-12(15)13(16)7-10/h5-7,11,14,18H,3-4,8-9H2,1-2H3. The van der Waals surface area contributed by atoms with Crippen LogP contribution in [0.2, 0.25) is 10.0 Å². The summed E-state index contributed by atoms with van der Waals surface area (Å²) in [6, 6.07) is 5.68. The van der Waals surface area contributed by atoms with Crippen molar-refractivity contribution in [2.24, 2.45) is 5.92 Å². The lowest BCUT2D eigenvalue weighted by Crippen LogP contribution is -2.28. The second-order valence-electron chi connectivity index (χ2n) is 4.47. The Morgan fingerprint density at radius 2 is 1.78 bits per heavy atom. The van der Waals surface area contributed by atoms with Crippen LogP contribution in [-0.4, -0.2) is 11.9 Å². The van der Waals surface area contributed by atoms with Gasteiger partial charge in [0.2, 0.25) is 0 Å². The van der Waals surface area contributed by atoms with Crippen molar-refractivity contribution in [3.8, 4) is 0 Å². The van der Waals surface area contributed by atoms with Crippen LogP contribution >= 0.6 is 34.8 Å². The minimum Gasteiger partial charge on any atom is -0.311 e. The highest BCUT2D eigenvalue weighted by molar-refractivity contribution is 6.42. The van der Waals surface area contributed by atoms with Gasteiger partial charge in [-0.25, -0.2) is 0 Å². The number of alkyl halides is 1. The van der Waals surface area contributed by atoms with Crippen molar-refractivity contribution in [3.63, 3.8) is 0 Å². The summed E-state index contributed by atoms with van der Waals surface area (Å²) in [5.74, 6) is 0.577. The van der Waals surface area contributed by atoms with Gasteiger partial charge in [-0.05, 0) is 23.6 Å². The van der Waals surface area contributed by atoms with Gasteiger partial charge in [0.05, 0.1) is 10.0 Å². The second kappa shape index (κ2) is 8.27. The number of benzene rings is 1. The lowest BCUT2D eigenvalue weighted by molar-refractivity contribution is 0.446. The summed E-state index contributed by atoms with van der Waals surface area (Å²) < 4.78 is 0. The van der Waals surface area contributed by atoms with Crippen molar-refractivity contribution in [1.82, 2.24) is 5.32 Å². The van der Waals surface area contributed by atoms with Crippen LogP contribution in [0.25, 0.3) is 0 Å². The van der Waals surface area contributed by atoms with Crippen LogP contribution in [0.5, 0.6) is 0 Å². The second-order valence-corrected chi connectivity index (χ2v) is 5.85. The van der Waals surface area contributed by atoms with Crippen molar-refractivity contribution >= 4 is 34.8 Å². The van der Waals surface area contributed by atoms with E-state index in [-0.39, 0.29) is 5.38 Å². The molecule has 0 spiro atoms. The molecule has 0 aromatic heterocycles. The fraction of sp³-hybridized carbons (Fsp3) is 0.571. The van der Waals surface area contributed by atoms with E-state index in [1.807, 2.05) is 18.2 Å². The number of rotatable bonds is 7. The van der Waals surface area contributed by atoms with Gasteiger partial charge in [0.1, 0.15) is 0 Å². The minimum absolute atomic E-state index is 0.183. The molecule has 18 heavy (non-hydrogen) atoms. The van der Waals surface area contributed by atoms with Crippen molar-refractivity contribution in [2.75, 3.05) is 6.54 Å². The zero-order valence-electron chi connectivity index (χ0n) is 10.8. The van der Waals surface area contributed by atoms with E-state index in [2.05, 4.69) is 19.2 Å². The van der Waals surface area contributed by atoms with Crippen LogP contribution in [0, 0.1) is 5.92 Å². The zero-order chi connectivity index (χ0) is 13.5. The van der Waals surface area contributed by atoms with Gasteiger partial charge >= 0.3 is 0 Å². The third-order valence-corrected chi connectivity index (χ3v) is 4.46. The molecule has 1 atom stereocenters. The topological polar surface area (TPSA) is 12.0 Å². The lowest BCUT2D eigenvalue weighted by Gasteiger charge is -2.19. The quantitative estimate of drug-likeness (QED) is 0.689. The maximum absolute atomic E-state index is 6.36. The number of hydrogen-bond donors (Lipinski definition) is 1. The van der Waals surface area contributed by atoms with Crippen LogP contribution in [0.3, 0.4) is 0 Å². The molecule has 0 saturated carbocycles. The monoisotopic (exact) mass is 307 g/mol. The Bertz CT molecular complexity index is 364. The highest BCUT2D eigenvalue weighted by Gasteiger charge is 2.14. The number of nitrogens with one attached hydrogen (secondary N) is 1. The summed E-state index contributed by atoms with van der Waals surface area (Å²) >= 11 is 18.2. The molecule has 0 radical (unpaired) electrons. The molecule has 0 saturated heterocycles. The number of halogens is 3. The van der Waals surface area contributed by atoms with E-state index in [0.717, 1.165) is 31.5 Å². The average molecular weight is 309 g/mol. The van der Waals surface area contributed by atoms with Gasteiger partial charge in [-0.3, -0.25) is 0 Å². The van der Waals surface area contributed by atoms with Gasteiger partial charge in [0, 0.05) is 18.5 Å². The Kier molecular flexibility index (Phi) is 7.40. The summed E-state index contributed by atoms with van der Waals surface area (Å²) in [6.45, 7) is 5.94. The van der Waals surface area contributed by atoms with Gasteiger partial charge in [0.25, 0.3) is 0 Å². The highest BCUT2D eigenvalue weighted by Crippen LogP contribution is 2.22. The van der Waals surface area contributed by atoms with E-state index in [4.69, 9.17) is 34.8 Å². The summed E-state index contributed by atoms with van der Waals surface area (Å²) in [7, 11) is 0. The van der Waals surface area contributed by atoms with Crippen LogP contribution in [0.4, 0.5) is 0 Å². The average Bonchev–Trinajstić information content (AvgIpc) is 2.35. The van der Waals surface area contributed by atoms with Gasteiger partial charge in [-0.1, -0.05) is 56.0 Å². The molecule has 1 aromatic carbocycles. The van der Waals surface area contributed by atoms with Crippen molar-refractivity contribution in [3.05, 3.63) is 33.8 Å². The Labute approximate surface area is 125 Å². The Morgan fingerprint density at radius 1 is 1.11 bits per heavy atom. The van der Waals surface area contributed by atoms with Crippen molar-refractivity contribution in [2.45, 2.75) is 38.6 Å². The lowest BCUT2D eigenvalue weighted by atomic mass is 9.99. The highest BCUT2D eigenvalue weighted by atomic mass is 35.5. The molecule has 0 heterocycles. The molecule has 0 aliphatic rings. The fourth-order valence-electron chi connectivity index (χ4n) is 1.97. The van der Waals surface area contributed by atoms with Crippen molar-refractivity contribution < 1.29 is 0 Å². The minimum atomic E-state index is 0.183. The van der Waals surface area contributed by atoms with Gasteiger partial charge in [-0.15, -0.1) is 11.6 Å². The van der Waals surface area contributed by atoms with Crippen LogP contribution in [0.15, 0.2) is 18.2 Å². The summed E-state index contributed by atoms with van der Waals surface area (Å²) in [5, 5.41) is 4.73. The van der Waals surface area contributed by atoms with Gasteiger partial charge in [0.15, 0.2) is 0 Å². The molecule has 1 rings (SSSR count). The molecule has 0 aliphatic carbocycles. The van der Waals surface area contributed by atoms with E-state index >= 15 is 0 Å². The van der Waals surface area contributed by atoms with Gasteiger partial charge in [-0.2, -0.15) is 0 Å². The molecule has 4 heteroatoms. The first kappa shape index (κ1) is 16.1. The van der Waals surface area contributed by atoms with Crippen LogP contribution in [0.1, 0.15) is 32.3 Å². The smallest absolute Gasteiger partial charge is 0.0595 e. The summed E-state index contributed by atoms with van der Waals surface area (Å²) in [5.41, 5.74) is 1.12.